The molecule has 1 aliphatic heterocycles. The third-order valence-electron chi connectivity index (χ3n) is 2.75. The maximum Gasteiger partial charge on any atom is 0.305 e. The first-order valence-electron chi connectivity index (χ1n) is 5.16. The fraction of sp³-hybridized carbons (Fsp3) is 0.250. The summed E-state index contributed by atoms with van der Waals surface area (Å²) in [5.41, 5.74) is 1.15. The average molecular weight is 230 g/mol. The SMILES string of the molecule is N#CC1c2ccccc2C(=O)N1CCC(=O)O. The van der Waals surface area contributed by atoms with Crippen LogP contribution in [0.5, 0.6) is 0 Å². The van der Waals surface area contributed by atoms with Crippen LogP contribution < -0.4 is 0 Å². The predicted molar refractivity (Wildman–Crippen MR) is 58.1 cm³/mol. The molecule has 0 aromatic heterocycles. The summed E-state index contributed by atoms with van der Waals surface area (Å²) in [6.07, 6.45) is -0.155. The number of amides is 1. The third-order valence-corrected chi connectivity index (χ3v) is 2.75. The van der Waals surface area contributed by atoms with E-state index in [4.69, 9.17) is 10.4 Å². The number of carboxylic acids is 1. The zero-order chi connectivity index (χ0) is 12.4. The number of fused-ring (bicyclic) bond motifs is 1. The van der Waals surface area contributed by atoms with Crippen molar-refractivity contribution >= 4 is 11.9 Å². The van der Waals surface area contributed by atoms with Crippen molar-refractivity contribution in [2.75, 3.05) is 6.54 Å². The molecule has 5 heteroatoms. The van der Waals surface area contributed by atoms with E-state index >= 15 is 0 Å². The van der Waals surface area contributed by atoms with E-state index in [1.54, 1.807) is 24.3 Å². The van der Waals surface area contributed by atoms with Crippen LogP contribution in [-0.4, -0.2) is 28.4 Å². The van der Waals surface area contributed by atoms with Gasteiger partial charge in [-0.2, -0.15) is 5.26 Å². The van der Waals surface area contributed by atoms with Crippen molar-refractivity contribution in [3.05, 3.63) is 35.4 Å². The molecule has 0 saturated carbocycles. The Kier molecular flexibility index (Phi) is 2.79. The minimum absolute atomic E-state index is 0.0566. The van der Waals surface area contributed by atoms with E-state index in [1.807, 2.05) is 6.07 Å². The first kappa shape index (κ1) is 11.1. The van der Waals surface area contributed by atoms with E-state index in [9.17, 15) is 9.59 Å². The van der Waals surface area contributed by atoms with Gasteiger partial charge in [0.2, 0.25) is 0 Å². The van der Waals surface area contributed by atoms with Crippen LogP contribution in [0.3, 0.4) is 0 Å². The highest BCUT2D eigenvalue weighted by molar-refractivity contribution is 5.99. The van der Waals surface area contributed by atoms with Gasteiger partial charge >= 0.3 is 5.97 Å². The Labute approximate surface area is 97.9 Å². The van der Waals surface area contributed by atoms with Crippen molar-refractivity contribution in [2.45, 2.75) is 12.5 Å². The summed E-state index contributed by atoms with van der Waals surface area (Å²) < 4.78 is 0. The number of hydrogen-bond donors (Lipinski definition) is 1. The molecule has 0 saturated heterocycles. The Hall–Kier alpha value is -2.35. The largest absolute Gasteiger partial charge is 0.481 e. The minimum Gasteiger partial charge on any atom is -0.481 e. The first-order valence-corrected chi connectivity index (χ1v) is 5.16. The van der Waals surface area contributed by atoms with Crippen molar-refractivity contribution in [3.8, 4) is 6.07 Å². The van der Waals surface area contributed by atoms with Crippen molar-refractivity contribution in [1.82, 2.24) is 4.90 Å². The molecule has 1 aromatic rings. The topological polar surface area (TPSA) is 81.4 Å². The molecular formula is C12H10N2O3. The zero-order valence-corrected chi connectivity index (χ0v) is 8.96. The van der Waals surface area contributed by atoms with E-state index in [0.29, 0.717) is 11.1 Å². The average Bonchev–Trinajstić information content (AvgIpc) is 2.60. The summed E-state index contributed by atoms with van der Waals surface area (Å²) in [7, 11) is 0. The van der Waals surface area contributed by atoms with Gasteiger partial charge in [-0.05, 0) is 6.07 Å². The molecule has 0 fully saturated rings. The smallest absolute Gasteiger partial charge is 0.305 e. The quantitative estimate of drug-likeness (QED) is 0.845. The van der Waals surface area contributed by atoms with Gasteiger partial charge in [0.1, 0.15) is 6.04 Å². The summed E-state index contributed by atoms with van der Waals surface area (Å²) in [5.74, 6) is -1.25. The Morgan fingerprint density at radius 1 is 1.47 bits per heavy atom. The fourth-order valence-corrected chi connectivity index (χ4v) is 1.96. The number of nitriles is 1. The molecular weight excluding hydrogens is 220 g/mol. The number of carbonyl (C=O) groups is 2. The van der Waals surface area contributed by atoms with Gasteiger partial charge in [0.05, 0.1) is 12.5 Å². The van der Waals surface area contributed by atoms with Gasteiger partial charge in [-0.1, -0.05) is 18.2 Å². The molecule has 1 aromatic carbocycles. The standard InChI is InChI=1S/C12H10N2O3/c13-7-10-8-3-1-2-4-9(8)12(17)14(10)6-5-11(15)16/h1-4,10H,5-6H2,(H,15,16). The van der Waals surface area contributed by atoms with Crippen LogP contribution in [0.2, 0.25) is 0 Å². The van der Waals surface area contributed by atoms with Gasteiger partial charge in [-0.3, -0.25) is 9.59 Å². The van der Waals surface area contributed by atoms with E-state index in [1.165, 1.54) is 4.90 Å². The summed E-state index contributed by atoms with van der Waals surface area (Å²) >= 11 is 0. The molecule has 86 valence electrons. The molecule has 2 rings (SSSR count). The van der Waals surface area contributed by atoms with Crippen LogP contribution in [0, 0.1) is 11.3 Å². The maximum atomic E-state index is 12.0. The molecule has 0 aliphatic carbocycles. The van der Waals surface area contributed by atoms with Gasteiger partial charge in [0, 0.05) is 17.7 Å². The van der Waals surface area contributed by atoms with E-state index in [0.717, 1.165) is 0 Å². The van der Waals surface area contributed by atoms with Gasteiger partial charge in [-0.15, -0.1) is 0 Å². The number of carbonyl (C=O) groups excluding carboxylic acids is 1. The molecule has 0 bridgehead atoms. The summed E-state index contributed by atoms with van der Waals surface area (Å²) in [5, 5.41) is 17.7. The highest BCUT2D eigenvalue weighted by atomic mass is 16.4. The van der Waals surface area contributed by atoms with Crippen molar-refractivity contribution in [1.29, 1.82) is 5.26 Å². The lowest BCUT2D eigenvalue weighted by Crippen LogP contribution is -2.29. The number of carboxylic acid groups (broad SMARTS) is 1. The lowest BCUT2D eigenvalue weighted by Gasteiger charge is -2.18. The predicted octanol–water partition coefficient (Wildman–Crippen LogP) is 1.18. The number of nitrogens with zero attached hydrogens (tertiary/aromatic N) is 2. The third kappa shape index (κ3) is 1.85. The van der Waals surface area contributed by atoms with E-state index < -0.39 is 12.0 Å². The Morgan fingerprint density at radius 2 is 2.18 bits per heavy atom. The molecule has 0 spiro atoms. The molecule has 0 radical (unpaired) electrons. The van der Waals surface area contributed by atoms with Crippen molar-refractivity contribution in [3.63, 3.8) is 0 Å². The molecule has 1 N–H and O–H groups in total. The Morgan fingerprint density at radius 3 is 2.82 bits per heavy atom. The second-order valence-corrected chi connectivity index (χ2v) is 3.76. The number of rotatable bonds is 3. The molecule has 1 heterocycles. The van der Waals surface area contributed by atoms with E-state index in [2.05, 4.69) is 0 Å². The number of benzene rings is 1. The lowest BCUT2D eigenvalue weighted by molar-refractivity contribution is -0.137. The minimum atomic E-state index is -0.981. The number of hydrogen-bond acceptors (Lipinski definition) is 3. The second-order valence-electron chi connectivity index (χ2n) is 3.76. The number of aliphatic carboxylic acids is 1. The van der Waals surface area contributed by atoms with Crippen LogP contribution in [0.4, 0.5) is 0 Å². The Bertz CT molecular complexity index is 519. The van der Waals surface area contributed by atoms with Crippen molar-refractivity contribution in [2.24, 2.45) is 0 Å². The summed E-state index contributed by atoms with van der Waals surface area (Å²) in [6, 6.07) is 8.24. The maximum absolute atomic E-state index is 12.0. The molecule has 17 heavy (non-hydrogen) atoms. The highest BCUT2D eigenvalue weighted by Crippen LogP contribution is 2.32. The van der Waals surface area contributed by atoms with Crippen LogP contribution in [0.15, 0.2) is 24.3 Å². The molecule has 1 unspecified atom stereocenters. The first-order chi connectivity index (χ1) is 8.15. The second kappa shape index (κ2) is 4.26. The van der Waals surface area contributed by atoms with Gasteiger partial charge in [-0.25, -0.2) is 0 Å². The molecule has 1 atom stereocenters. The van der Waals surface area contributed by atoms with Crippen LogP contribution in [0.1, 0.15) is 28.4 Å². The lowest BCUT2D eigenvalue weighted by atomic mass is 10.1. The zero-order valence-electron chi connectivity index (χ0n) is 8.96. The van der Waals surface area contributed by atoms with Crippen LogP contribution in [0.25, 0.3) is 0 Å². The van der Waals surface area contributed by atoms with Crippen LogP contribution >= 0.6 is 0 Å². The molecule has 1 aliphatic rings. The molecule has 5 nitrogen and oxygen atoms in total. The summed E-state index contributed by atoms with van der Waals surface area (Å²) in [6.45, 7) is 0.0566. The van der Waals surface area contributed by atoms with Gasteiger partial charge in [0.15, 0.2) is 0 Å². The Balaban J connectivity index is 2.30. The normalized spacial score (nSPS) is 17.7. The summed E-state index contributed by atoms with van der Waals surface area (Å²) in [4.78, 5) is 23.8. The van der Waals surface area contributed by atoms with Crippen molar-refractivity contribution < 1.29 is 14.7 Å². The molecule has 1 amide bonds. The van der Waals surface area contributed by atoms with E-state index in [-0.39, 0.29) is 18.9 Å². The monoisotopic (exact) mass is 230 g/mol. The van der Waals surface area contributed by atoms with Gasteiger partial charge < -0.3 is 10.0 Å². The van der Waals surface area contributed by atoms with Gasteiger partial charge in [0.25, 0.3) is 5.91 Å². The highest BCUT2D eigenvalue weighted by Gasteiger charge is 2.36. The van der Waals surface area contributed by atoms with Crippen LogP contribution in [-0.2, 0) is 4.79 Å². The fourth-order valence-electron chi connectivity index (χ4n) is 1.96.